The number of benzene rings is 2. The summed E-state index contributed by atoms with van der Waals surface area (Å²) in [7, 11) is 0. The number of hydrogen-bond acceptors (Lipinski definition) is 4. The number of nitrogens with zero attached hydrogens (tertiary/aromatic N) is 5. The maximum Gasteiger partial charge on any atom is 0.216 e. The van der Waals surface area contributed by atoms with Crippen LogP contribution >= 0.6 is 12.2 Å². The van der Waals surface area contributed by atoms with Gasteiger partial charge in [-0.25, -0.2) is 0 Å². The molecule has 0 atom stereocenters. The molecule has 2 heterocycles. The standard InChI is InChI=1S/C20H18N6S/c1-15-22-23-20(27)26(15)21-12-18-14-25(13-16-8-4-2-5-9-16)24-19(18)17-10-6-3-7-11-17/h2-12,14H,13H2,1H3,(H,23,27)/b21-12-. The van der Waals surface area contributed by atoms with Gasteiger partial charge in [0.2, 0.25) is 4.77 Å². The molecule has 0 radical (unpaired) electrons. The Balaban J connectivity index is 1.73. The minimum absolute atomic E-state index is 0.460. The van der Waals surface area contributed by atoms with Crippen molar-refractivity contribution >= 4 is 18.4 Å². The largest absolute Gasteiger partial charge is 0.267 e. The monoisotopic (exact) mass is 374 g/mol. The van der Waals surface area contributed by atoms with Crippen LogP contribution in [0.5, 0.6) is 0 Å². The Morgan fingerprint density at radius 3 is 2.44 bits per heavy atom. The third kappa shape index (κ3) is 3.78. The normalized spacial score (nSPS) is 11.3. The number of aryl methyl sites for hydroxylation is 1. The van der Waals surface area contributed by atoms with E-state index in [9.17, 15) is 0 Å². The van der Waals surface area contributed by atoms with Crippen LogP contribution in [-0.4, -0.2) is 30.9 Å². The lowest BCUT2D eigenvalue weighted by Gasteiger charge is -2.01. The van der Waals surface area contributed by atoms with Gasteiger partial charge < -0.3 is 0 Å². The molecular weight excluding hydrogens is 356 g/mol. The van der Waals surface area contributed by atoms with E-state index >= 15 is 0 Å². The third-order valence-electron chi connectivity index (χ3n) is 4.15. The molecule has 0 bridgehead atoms. The molecule has 0 aliphatic rings. The van der Waals surface area contributed by atoms with Gasteiger partial charge in [-0.1, -0.05) is 60.7 Å². The van der Waals surface area contributed by atoms with Crippen LogP contribution in [0.15, 0.2) is 72.0 Å². The fraction of sp³-hybridized carbons (Fsp3) is 0.100. The van der Waals surface area contributed by atoms with Crippen LogP contribution in [0.4, 0.5) is 0 Å². The molecule has 0 saturated carbocycles. The van der Waals surface area contributed by atoms with Gasteiger partial charge in [-0.05, 0) is 24.7 Å². The number of aromatic amines is 1. The van der Waals surface area contributed by atoms with Crippen molar-refractivity contribution in [1.29, 1.82) is 0 Å². The first-order valence-corrected chi connectivity index (χ1v) is 8.97. The van der Waals surface area contributed by atoms with Crippen LogP contribution in [0.25, 0.3) is 11.3 Å². The van der Waals surface area contributed by atoms with Gasteiger partial charge in [-0.2, -0.15) is 20.0 Å². The average molecular weight is 374 g/mol. The number of aromatic nitrogens is 5. The Bertz CT molecular complexity index is 1120. The van der Waals surface area contributed by atoms with Crippen molar-refractivity contribution in [2.75, 3.05) is 0 Å². The second-order valence-corrected chi connectivity index (χ2v) is 6.50. The zero-order valence-corrected chi connectivity index (χ0v) is 15.6. The molecule has 134 valence electrons. The van der Waals surface area contributed by atoms with Gasteiger partial charge in [-0.3, -0.25) is 9.78 Å². The second kappa shape index (κ2) is 7.51. The summed E-state index contributed by atoms with van der Waals surface area (Å²) in [5, 5.41) is 16.1. The lowest BCUT2D eigenvalue weighted by atomic mass is 10.1. The maximum atomic E-state index is 5.22. The molecule has 0 saturated heterocycles. The van der Waals surface area contributed by atoms with Crippen LogP contribution < -0.4 is 0 Å². The highest BCUT2D eigenvalue weighted by Gasteiger charge is 2.10. The van der Waals surface area contributed by atoms with Crippen molar-refractivity contribution in [3.63, 3.8) is 0 Å². The summed E-state index contributed by atoms with van der Waals surface area (Å²) in [4.78, 5) is 0. The van der Waals surface area contributed by atoms with Crippen molar-refractivity contribution in [2.45, 2.75) is 13.5 Å². The number of nitrogens with one attached hydrogen (secondary N) is 1. The van der Waals surface area contributed by atoms with Gasteiger partial charge >= 0.3 is 0 Å². The molecule has 0 amide bonds. The first kappa shape index (κ1) is 17.1. The van der Waals surface area contributed by atoms with Gasteiger partial charge in [0.05, 0.1) is 12.8 Å². The Morgan fingerprint density at radius 2 is 1.78 bits per heavy atom. The Hall–Kier alpha value is -3.32. The zero-order chi connectivity index (χ0) is 18.6. The quantitative estimate of drug-likeness (QED) is 0.423. The van der Waals surface area contributed by atoms with Crippen LogP contribution in [0, 0.1) is 11.7 Å². The summed E-state index contributed by atoms with van der Waals surface area (Å²) in [6.45, 7) is 2.54. The minimum Gasteiger partial charge on any atom is -0.267 e. The van der Waals surface area contributed by atoms with E-state index in [1.165, 1.54) is 5.56 Å². The van der Waals surface area contributed by atoms with Crippen LogP contribution in [0.3, 0.4) is 0 Å². The zero-order valence-electron chi connectivity index (χ0n) is 14.8. The summed E-state index contributed by atoms with van der Waals surface area (Å²) >= 11 is 5.22. The Labute approximate surface area is 161 Å². The summed E-state index contributed by atoms with van der Waals surface area (Å²) < 4.78 is 3.99. The summed E-state index contributed by atoms with van der Waals surface area (Å²) in [6, 6.07) is 20.3. The molecule has 4 rings (SSSR count). The summed E-state index contributed by atoms with van der Waals surface area (Å²) in [5.41, 5.74) is 4.02. The molecule has 2 aromatic heterocycles. The third-order valence-corrected chi connectivity index (χ3v) is 4.41. The smallest absolute Gasteiger partial charge is 0.216 e. The molecule has 0 spiro atoms. The van der Waals surface area contributed by atoms with Gasteiger partial charge in [0, 0.05) is 17.3 Å². The SMILES string of the molecule is Cc1n[nH]c(=S)n1/N=C\c1cn(Cc2ccccc2)nc1-c1ccccc1. The van der Waals surface area contributed by atoms with Crippen molar-refractivity contribution in [3.8, 4) is 11.3 Å². The predicted octanol–water partition coefficient (Wildman–Crippen LogP) is 4.04. The Morgan fingerprint density at radius 1 is 1.07 bits per heavy atom. The summed E-state index contributed by atoms with van der Waals surface area (Å²) in [6.07, 6.45) is 3.77. The molecular formula is C20H18N6S. The van der Waals surface area contributed by atoms with Crippen molar-refractivity contribution in [1.82, 2.24) is 24.7 Å². The highest BCUT2D eigenvalue weighted by Crippen LogP contribution is 2.21. The van der Waals surface area contributed by atoms with Crippen molar-refractivity contribution < 1.29 is 0 Å². The lowest BCUT2D eigenvalue weighted by Crippen LogP contribution is -2.00. The molecule has 0 fully saturated rings. The van der Waals surface area contributed by atoms with E-state index in [0.29, 0.717) is 17.1 Å². The van der Waals surface area contributed by atoms with E-state index in [2.05, 4.69) is 27.4 Å². The number of H-pyrrole nitrogens is 1. The molecule has 0 aliphatic carbocycles. The fourth-order valence-corrected chi connectivity index (χ4v) is 3.05. The van der Waals surface area contributed by atoms with E-state index in [1.54, 1.807) is 10.9 Å². The van der Waals surface area contributed by atoms with Crippen molar-refractivity contribution in [3.05, 3.63) is 88.6 Å². The molecule has 6 nitrogen and oxygen atoms in total. The predicted molar refractivity (Wildman–Crippen MR) is 108 cm³/mol. The Kier molecular flexibility index (Phi) is 4.76. The van der Waals surface area contributed by atoms with E-state index in [4.69, 9.17) is 17.3 Å². The first-order valence-electron chi connectivity index (χ1n) is 8.56. The van der Waals surface area contributed by atoms with Crippen LogP contribution in [0.2, 0.25) is 0 Å². The van der Waals surface area contributed by atoms with Crippen LogP contribution in [-0.2, 0) is 6.54 Å². The highest BCUT2D eigenvalue weighted by atomic mass is 32.1. The van der Waals surface area contributed by atoms with Gasteiger partial charge in [-0.15, -0.1) is 0 Å². The molecule has 27 heavy (non-hydrogen) atoms. The van der Waals surface area contributed by atoms with Crippen LogP contribution in [0.1, 0.15) is 17.0 Å². The highest BCUT2D eigenvalue weighted by molar-refractivity contribution is 7.71. The molecule has 0 aliphatic heterocycles. The average Bonchev–Trinajstić information content (AvgIpc) is 3.24. The fourth-order valence-electron chi connectivity index (χ4n) is 2.83. The van der Waals surface area contributed by atoms with E-state index < -0.39 is 0 Å². The first-order chi connectivity index (χ1) is 13.2. The topological polar surface area (TPSA) is 63.8 Å². The van der Waals surface area contributed by atoms with E-state index in [-0.39, 0.29) is 0 Å². The number of hydrogen-bond donors (Lipinski definition) is 1. The van der Waals surface area contributed by atoms with E-state index in [0.717, 1.165) is 16.8 Å². The van der Waals surface area contributed by atoms with Gasteiger partial charge in [0.1, 0.15) is 11.5 Å². The molecule has 7 heteroatoms. The van der Waals surface area contributed by atoms with E-state index in [1.807, 2.05) is 66.3 Å². The van der Waals surface area contributed by atoms with Crippen molar-refractivity contribution in [2.24, 2.45) is 5.10 Å². The molecule has 1 N–H and O–H groups in total. The number of rotatable bonds is 5. The van der Waals surface area contributed by atoms with Gasteiger partial charge in [0.25, 0.3) is 0 Å². The maximum absolute atomic E-state index is 5.22. The lowest BCUT2D eigenvalue weighted by molar-refractivity contribution is 0.689. The summed E-state index contributed by atoms with van der Waals surface area (Å²) in [5.74, 6) is 0.703. The second-order valence-electron chi connectivity index (χ2n) is 6.11. The molecule has 2 aromatic carbocycles. The molecule has 0 unspecified atom stereocenters. The molecule has 4 aromatic rings. The minimum atomic E-state index is 0.460. The van der Waals surface area contributed by atoms with Gasteiger partial charge in [0.15, 0.2) is 0 Å².